The SMILES string of the molecule is Cc1cc2[n-]c(CNC(=O)N3CCC3)cc2cc1N.[Ta]. The van der Waals surface area contributed by atoms with Crippen LogP contribution in [-0.2, 0) is 28.9 Å². The van der Waals surface area contributed by atoms with E-state index in [2.05, 4.69) is 10.3 Å². The topological polar surface area (TPSA) is 72.5 Å². The second-order valence-electron chi connectivity index (χ2n) is 5.01. The van der Waals surface area contributed by atoms with E-state index in [1.807, 2.05) is 25.1 Å². The van der Waals surface area contributed by atoms with Crippen molar-refractivity contribution in [3.8, 4) is 0 Å². The Hall–Kier alpha value is -1.43. The van der Waals surface area contributed by atoms with Crippen molar-refractivity contribution in [2.45, 2.75) is 19.9 Å². The van der Waals surface area contributed by atoms with Crippen molar-refractivity contribution >= 4 is 22.6 Å². The molecule has 0 unspecified atom stereocenters. The Morgan fingerprint density at radius 2 is 2.15 bits per heavy atom. The zero-order valence-electron chi connectivity index (χ0n) is 11.4. The van der Waals surface area contributed by atoms with Gasteiger partial charge in [-0.1, -0.05) is 12.1 Å². The molecule has 1 aromatic carbocycles. The minimum atomic E-state index is -0.00556. The monoisotopic (exact) mass is 438 g/mol. The van der Waals surface area contributed by atoms with Gasteiger partial charge >= 0.3 is 6.03 Å². The van der Waals surface area contributed by atoms with Gasteiger partial charge in [-0.05, 0) is 30.4 Å². The summed E-state index contributed by atoms with van der Waals surface area (Å²) in [5, 5.41) is 3.91. The molecule has 3 N–H and O–H groups in total. The van der Waals surface area contributed by atoms with E-state index in [0.717, 1.165) is 47.4 Å². The third-order valence-electron chi connectivity index (χ3n) is 3.57. The van der Waals surface area contributed by atoms with Crippen molar-refractivity contribution < 1.29 is 27.2 Å². The van der Waals surface area contributed by atoms with Gasteiger partial charge in [-0.3, -0.25) is 0 Å². The summed E-state index contributed by atoms with van der Waals surface area (Å²) >= 11 is 0. The van der Waals surface area contributed by atoms with Crippen LogP contribution in [0.5, 0.6) is 0 Å². The molecule has 2 heterocycles. The van der Waals surface area contributed by atoms with Crippen LogP contribution in [0.2, 0.25) is 0 Å². The fourth-order valence-electron chi connectivity index (χ4n) is 2.19. The number of aryl methyl sites for hydroxylation is 1. The van der Waals surface area contributed by atoms with Crippen molar-refractivity contribution in [2.75, 3.05) is 18.8 Å². The maximum Gasteiger partial charge on any atom is 0.317 e. The number of nitrogens with zero attached hydrogens (tertiary/aromatic N) is 2. The van der Waals surface area contributed by atoms with E-state index >= 15 is 0 Å². The number of carbonyl (C=O) groups is 1. The third kappa shape index (κ3) is 2.85. The summed E-state index contributed by atoms with van der Waals surface area (Å²) < 4.78 is 0. The van der Waals surface area contributed by atoms with Crippen molar-refractivity contribution in [1.29, 1.82) is 0 Å². The van der Waals surface area contributed by atoms with Crippen LogP contribution in [0.1, 0.15) is 17.7 Å². The number of rotatable bonds is 2. The van der Waals surface area contributed by atoms with Crippen molar-refractivity contribution in [3.63, 3.8) is 0 Å². The van der Waals surface area contributed by atoms with E-state index in [0.29, 0.717) is 6.54 Å². The summed E-state index contributed by atoms with van der Waals surface area (Å²) in [6.07, 6.45) is 1.10. The molecule has 2 aromatic rings. The molecule has 1 aromatic heterocycles. The number of amides is 2. The molecule has 1 aliphatic rings. The molecule has 1 fully saturated rings. The Balaban J connectivity index is 0.00000147. The van der Waals surface area contributed by atoms with Crippen LogP contribution in [0, 0.1) is 6.92 Å². The Morgan fingerprint density at radius 1 is 1.40 bits per heavy atom. The molecule has 0 aliphatic carbocycles. The molecule has 0 bridgehead atoms. The molecule has 5 nitrogen and oxygen atoms in total. The molecule has 105 valence electrons. The van der Waals surface area contributed by atoms with Crippen LogP contribution in [0.4, 0.5) is 10.5 Å². The number of benzene rings is 1. The van der Waals surface area contributed by atoms with Crippen molar-refractivity contribution in [1.82, 2.24) is 15.2 Å². The van der Waals surface area contributed by atoms with Gasteiger partial charge in [0.1, 0.15) is 0 Å². The van der Waals surface area contributed by atoms with Gasteiger partial charge in [-0.2, -0.15) is 0 Å². The Bertz CT molecular complexity index is 594. The van der Waals surface area contributed by atoms with Crippen LogP contribution in [0.25, 0.3) is 10.9 Å². The number of hydrogen-bond donors (Lipinski definition) is 2. The second kappa shape index (κ2) is 5.91. The summed E-state index contributed by atoms with van der Waals surface area (Å²) in [6, 6.07) is 5.87. The summed E-state index contributed by atoms with van der Waals surface area (Å²) in [5.74, 6) is 0. The largest absolute Gasteiger partial charge is 0.659 e. The van der Waals surface area contributed by atoms with E-state index in [1.165, 1.54) is 0 Å². The summed E-state index contributed by atoms with van der Waals surface area (Å²) in [6.45, 7) is 4.15. The number of fused-ring (bicyclic) bond motifs is 1. The fourth-order valence-corrected chi connectivity index (χ4v) is 2.19. The van der Waals surface area contributed by atoms with E-state index in [9.17, 15) is 4.79 Å². The fraction of sp³-hybridized carbons (Fsp3) is 0.357. The van der Waals surface area contributed by atoms with E-state index < -0.39 is 0 Å². The molecule has 2 amide bonds. The minimum Gasteiger partial charge on any atom is -0.659 e. The normalized spacial score (nSPS) is 13.8. The second-order valence-corrected chi connectivity index (χ2v) is 5.01. The predicted molar refractivity (Wildman–Crippen MR) is 74.8 cm³/mol. The number of nitrogens with two attached hydrogens (primary N) is 1. The summed E-state index contributed by atoms with van der Waals surface area (Å²) in [7, 11) is 0. The van der Waals surface area contributed by atoms with Gasteiger partial charge < -0.3 is 20.9 Å². The molecular formula is C14H17N4OTa-. The number of nitrogens with one attached hydrogen (secondary N) is 1. The van der Waals surface area contributed by atoms with E-state index in [-0.39, 0.29) is 28.4 Å². The van der Waals surface area contributed by atoms with Crippen LogP contribution in [0.15, 0.2) is 18.2 Å². The van der Waals surface area contributed by atoms with Gasteiger partial charge in [0.25, 0.3) is 0 Å². The number of carbonyl (C=O) groups excluding carboxylic acids is 1. The third-order valence-corrected chi connectivity index (χ3v) is 3.57. The number of urea groups is 1. The molecule has 6 heteroatoms. The molecule has 0 saturated carbocycles. The standard InChI is InChI=1S/C14H17N4O.Ta/c1-9-5-13-10(7-12(9)15)6-11(17-13)8-16-14(19)18-3-2-4-18;/h5-7H,2-4,8,15H2,1H3,(H,16,19);/q-1;. The number of likely N-dealkylation sites (tertiary alicyclic amines) is 1. The number of anilines is 1. The molecule has 0 spiro atoms. The van der Waals surface area contributed by atoms with E-state index in [4.69, 9.17) is 5.73 Å². The predicted octanol–water partition coefficient (Wildman–Crippen LogP) is 1.60. The summed E-state index contributed by atoms with van der Waals surface area (Å²) in [5.41, 5.74) is 9.48. The molecule has 1 radical (unpaired) electrons. The molecule has 0 atom stereocenters. The minimum absolute atomic E-state index is 0. The van der Waals surface area contributed by atoms with Gasteiger partial charge in [-0.25, -0.2) is 4.79 Å². The van der Waals surface area contributed by atoms with Gasteiger partial charge in [0.05, 0.1) is 0 Å². The Kier molecular flexibility index (Phi) is 4.42. The zero-order valence-corrected chi connectivity index (χ0v) is 14.6. The van der Waals surface area contributed by atoms with Gasteiger partial charge in [0.2, 0.25) is 0 Å². The van der Waals surface area contributed by atoms with Gasteiger partial charge in [0.15, 0.2) is 0 Å². The maximum atomic E-state index is 11.7. The first kappa shape index (κ1) is 15.0. The average molecular weight is 438 g/mol. The molecule has 1 aliphatic heterocycles. The molecule has 1 saturated heterocycles. The first-order chi connectivity index (χ1) is 9.13. The number of aromatic nitrogens is 1. The van der Waals surface area contributed by atoms with Crippen LogP contribution < -0.4 is 16.0 Å². The van der Waals surface area contributed by atoms with Crippen LogP contribution in [0.3, 0.4) is 0 Å². The molecular weight excluding hydrogens is 421 g/mol. The van der Waals surface area contributed by atoms with Crippen molar-refractivity contribution in [3.05, 3.63) is 29.5 Å². The maximum absolute atomic E-state index is 11.7. The summed E-state index contributed by atoms with van der Waals surface area (Å²) in [4.78, 5) is 18.0. The molecule has 20 heavy (non-hydrogen) atoms. The van der Waals surface area contributed by atoms with Crippen molar-refractivity contribution in [2.24, 2.45) is 0 Å². The Morgan fingerprint density at radius 3 is 2.80 bits per heavy atom. The first-order valence-electron chi connectivity index (χ1n) is 6.49. The Labute approximate surface area is 133 Å². The quantitative estimate of drug-likeness (QED) is 0.700. The number of hydrogen-bond acceptors (Lipinski definition) is 2. The number of nitrogen functional groups attached to an aromatic ring is 1. The van der Waals surface area contributed by atoms with E-state index in [1.54, 1.807) is 4.90 Å². The average Bonchev–Trinajstić information content (AvgIpc) is 2.67. The van der Waals surface area contributed by atoms with Gasteiger partial charge in [-0.15, -0.1) is 11.2 Å². The zero-order chi connectivity index (χ0) is 13.4. The smallest absolute Gasteiger partial charge is 0.317 e. The first-order valence-corrected chi connectivity index (χ1v) is 6.49. The van der Waals surface area contributed by atoms with Gasteiger partial charge in [0, 0.05) is 47.7 Å². The molecule has 3 rings (SSSR count). The van der Waals surface area contributed by atoms with Crippen LogP contribution in [-0.4, -0.2) is 24.0 Å². The van der Waals surface area contributed by atoms with Crippen LogP contribution >= 0.6 is 0 Å².